The molecule has 5 nitrogen and oxygen atoms in total. The van der Waals surface area contributed by atoms with Crippen LogP contribution in [0.3, 0.4) is 0 Å². The smallest absolute Gasteiger partial charge is 0.315 e. The normalized spacial score (nSPS) is 10.5. The number of halogens is 2. The van der Waals surface area contributed by atoms with E-state index in [2.05, 4.69) is 10.2 Å². The van der Waals surface area contributed by atoms with Crippen LogP contribution in [-0.4, -0.2) is 16.2 Å². The molecule has 0 radical (unpaired) electrons. The molecule has 0 amide bonds. The van der Waals surface area contributed by atoms with Gasteiger partial charge in [0, 0.05) is 16.1 Å². The monoisotopic (exact) mass is 332 g/mol. The number of nitrogens with zero attached hydrogens (tertiary/aromatic N) is 2. The van der Waals surface area contributed by atoms with Crippen LogP contribution in [0.1, 0.15) is 5.56 Å². The molecule has 0 spiro atoms. The second-order valence-corrected chi connectivity index (χ2v) is 5.03. The number of rotatable bonds is 4. The summed E-state index contributed by atoms with van der Waals surface area (Å²) >= 11 is 5.88. The van der Waals surface area contributed by atoms with E-state index in [0.717, 1.165) is 0 Å². The van der Waals surface area contributed by atoms with Gasteiger partial charge in [-0.2, -0.15) is 0 Å². The summed E-state index contributed by atoms with van der Waals surface area (Å²) in [6.45, 7) is 0. The summed E-state index contributed by atoms with van der Waals surface area (Å²) in [4.78, 5) is 11.9. The molecule has 0 aliphatic heterocycles. The van der Waals surface area contributed by atoms with E-state index in [1.807, 2.05) is 0 Å². The Morgan fingerprint density at radius 2 is 2.00 bits per heavy atom. The molecule has 0 saturated heterocycles. The number of benzene rings is 2. The van der Waals surface area contributed by atoms with Crippen LogP contribution in [0, 0.1) is 5.82 Å². The van der Waals surface area contributed by atoms with Crippen LogP contribution in [0.2, 0.25) is 5.02 Å². The Morgan fingerprint density at radius 3 is 2.65 bits per heavy atom. The number of aromatic nitrogens is 2. The summed E-state index contributed by atoms with van der Waals surface area (Å²) < 4.78 is 23.9. The molecule has 0 unspecified atom stereocenters. The number of hydrogen-bond donors (Lipinski definition) is 0. The van der Waals surface area contributed by atoms with Crippen LogP contribution < -0.4 is 4.74 Å². The molecule has 23 heavy (non-hydrogen) atoms. The van der Waals surface area contributed by atoms with Crippen LogP contribution >= 0.6 is 11.6 Å². The third-order valence-electron chi connectivity index (χ3n) is 3.08. The van der Waals surface area contributed by atoms with Gasteiger partial charge in [0.1, 0.15) is 11.6 Å². The highest BCUT2D eigenvalue weighted by atomic mass is 35.5. The van der Waals surface area contributed by atoms with Crippen LogP contribution in [0.4, 0.5) is 4.39 Å². The zero-order chi connectivity index (χ0) is 16.2. The molecule has 1 heterocycles. The summed E-state index contributed by atoms with van der Waals surface area (Å²) in [6, 6.07) is 10.8. The zero-order valence-electron chi connectivity index (χ0n) is 11.7. The van der Waals surface area contributed by atoms with Crippen molar-refractivity contribution in [2.45, 2.75) is 6.42 Å². The van der Waals surface area contributed by atoms with E-state index in [-0.39, 0.29) is 17.0 Å². The van der Waals surface area contributed by atoms with E-state index in [4.69, 9.17) is 20.8 Å². The van der Waals surface area contributed by atoms with E-state index in [1.165, 1.54) is 24.6 Å². The first-order chi connectivity index (χ1) is 11.1. The summed E-state index contributed by atoms with van der Waals surface area (Å²) in [5.74, 6) is -0.463. The fourth-order valence-electron chi connectivity index (χ4n) is 1.98. The van der Waals surface area contributed by atoms with Gasteiger partial charge >= 0.3 is 5.97 Å². The van der Waals surface area contributed by atoms with Gasteiger partial charge in [-0.05, 0) is 36.4 Å². The van der Waals surface area contributed by atoms with Gasteiger partial charge in [0.15, 0.2) is 0 Å². The number of carbonyl (C=O) groups is 1. The van der Waals surface area contributed by atoms with Crippen LogP contribution in [0.5, 0.6) is 5.75 Å². The molecule has 3 rings (SSSR count). The fraction of sp³-hybridized carbons (Fsp3) is 0.0625. The van der Waals surface area contributed by atoms with Gasteiger partial charge in [-0.3, -0.25) is 4.79 Å². The molecular weight excluding hydrogens is 323 g/mol. The summed E-state index contributed by atoms with van der Waals surface area (Å²) in [7, 11) is 0. The lowest BCUT2D eigenvalue weighted by Gasteiger charge is -2.07. The van der Waals surface area contributed by atoms with Gasteiger partial charge in [-0.25, -0.2) is 4.39 Å². The van der Waals surface area contributed by atoms with Crippen molar-refractivity contribution in [3.63, 3.8) is 0 Å². The predicted molar refractivity (Wildman–Crippen MR) is 80.5 cm³/mol. The largest absolute Gasteiger partial charge is 0.426 e. The lowest BCUT2D eigenvalue weighted by atomic mass is 10.1. The molecule has 116 valence electrons. The van der Waals surface area contributed by atoms with Crippen molar-refractivity contribution in [3.05, 3.63) is 65.3 Å². The third kappa shape index (κ3) is 3.54. The molecule has 0 aliphatic rings. The fourth-order valence-corrected chi connectivity index (χ4v) is 2.21. The molecule has 0 atom stereocenters. The van der Waals surface area contributed by atoms with Crippen molar-refractivity contribution < 1.29 is 18.3 Å². The van der Waals surface area contributed by atoms with Crippen molar-refractivity contribution in [2.75, 3.05) is 0 Å². The Hall–Kier alpha value is -2.73. The number of ether oxygens (including phenoxy) is 1. The maximum atomic E-state index is 13.6. The van der Waals surface area contributed by atoms with Gasteiger partial charge in [-0.1, -0.05) is 17.7 Å². The highest BCUT2D eigenvalue weighted by Crippen LogP contribution is 2.22. The molecular formula is C16H10ClFN2O3. The van der Waals surface area contributed by atoms with Gasteiger partial charge in [0.25, 0.3) is 0 Å². The van der Waals surface area contributed by atoms with E-state index >= 15 is 0 Å². The first-order valence-electron chi connectivity index (χ1n) is 6.63. The molecule has 0 aliphatic carbocycles. The lowest BCUT2D eigenvalue weighted by Crippen LogP contribution is -2.12. The number of esters is 1. The van der Waals surface area contributed by atoms with Gasteiger partial charge in [0.2, 0.25) is 12.3 Å². The third-order valence-corrected chi connectivity index (χ3v) is 3.43. The second-order valence-electron chi connectivity index (χ2n) is 4.62. The van der Waals surface area contributed by atoms with Crippen molar-refractivity contribution in [1.82, 2.24) is 10.2 Å². The Labute approximate surface area is 135 Å². The molecule has 7 heteroatoms. The molecule has 0 saturated carbocycles. The molecule has 1 aromatic heterocycles. The molecule has 3 aromatic rings. The highest BCUT2D eigenvalue weighted by Gasteiger charge is 2.14. The number of hydrogen-bond acceptors (Lipinski definition) is 5. The number of carbonyl (C=O) groups excluding carboxylic acids is 1. The quantitative estimate of drug-likeness (QED) is 0.538. The Morgan fingerprint density at radius 1 is 1.22 bits per heavy atom. The standard InChI is InChI=1S/C16H10ClFN2O3/c17-13-2-1-3-14(18)12(13)8-15(21)23-11-6-4-10(5-7-11)16-20-19-9-22-16/h1-7,9H,8H2. The molecule has 0 fully saturated rings. The first kappa shape index (κ1) is 15.2. The van der Waals surface area contributed by atoms with E-state index in [9.17, 15) is 9.18 Å². The Kier molecular flexibility index (Phi) is 4.34. The van der Waals surface area contributed by atoms with E-state index in [0.29, 0.717) is 17.2 Å². The van der Waals surface area contributed by atoms with Gasteiger partial charge in [-0.15, -0.1) is 10.2 Å². The average Bonchev–Trinajstić information content (AvgIpc) is 3.06. The van der Waals surface area contributed by atoms with Gasteiger partial charge < -0.3 is 9.15 Å². The Bertz CT molecular complexity index is 800. The van der Waals surface area contributed by atoms with Crippen LogP contribution in [0.25, 0.3) is 11.5 Å². The Balaban J connectivity index is 1.68. The average molecular weight is 333 g/mol. The first-order valence-corrected chi connectivity index (χ1v) is 7.01. The minimum Gasteiger partial charge on any atom is -0.426 e. The molecule has 0 N–H and O–H groups in total. The predicted octanol–water partition coefficient (Wildman–Crippen LogP) is 3.68. The lowest BCUT2D eigenvalue weighted by molar-refractivity contribution is -0.133. The van der Waals surface area contributed by atoms with Crippen molar-refractivity contribution in [3.8, 4) is 17.2 Å². The van der Waals surface area contributed by atoms with E-state index in [1.54, 1.807) is 24.3 Å². The summed E-state index contributed by atoms with van der Waals surface area (Å²) in [6.07, 6.45) is 0.971. The summed E-state index contributed by atoms with van der Waals surface area (Å²) in [5.41, 5.74) is 0.807. The van der Waals surface area contributed by atoms with Crippen molar-refractivity contribution in [2.24, 2.45) is 0 Å². The van der Waals surface area contributed by atoms with Crippen molar-refractivity contribution in [1.29, 1.82) is 0 Å². The zero-order valence-corrected chi connectivity index (χ0v) is 12.5. The minimum atomic E-state index is -0.609. The molecule has 2 aromatic carbocycles. The molecule has 0 bridgehead atoms. The SMILES string of the molecule is O=C(Cc1c(F)cccc1Cl)Oc1ccc(-c2nnco2)cc1. The summed E-state index contributed by atoms with van der Waals surface area (Å²) in [5, 5.41) is 7.54. The highest BCUT2D eigenvalue weighted by molar-refractivity contribution is 6.31. The van der Waals surface area contributed by atoms with Crippen LogP contribution in [-0.2, 0) is 11.2 Å². The van der Waals surface area contributed by atoms with Crippen LogP contribution in [0.15, 0.2) is 53.3 Å². The van der Waals surface area contributed by atoms with E-state index < -0.39 is 11.8 Å². The topological polar surface area (TPSA) is 65.2 Å². The second kappa shape index (κ2) is 6.58. The van der Waals surface area contributed by atoms with Crippen molar-refractivity contribution >= 4 is 17.6 Å². The maximum absolute atomic E-state index is 13.6. The maximum Gasteiger partial charge on any atom is 0.315 e. The minimum absolute atomic E-state index is 0.113. The van der Waals surface area contributed by atoms with Gasteiger partial charge in [0.05, 0.1) is 6.42 Å².